The number of carbonyl (C=O) groups excluding carboxylic acids is 1. The zero-order valence-electron chi connectivity index (χ0n) is 13.6. The molecule has 0 aliphatic carbocycles. The lowest BCUT2D eigenvalue weighted by molar-refractivity contribution is 0.0945. The van der Waals surface area contributed by atoms with E-state index in [1.807, 2.05) is 0 Å². The van der Waals surface area contributed by atoms with Gasteiger partial charge in [-0.05, 0) is 38.1 Å². The van der Waals surface area contributed by atoms with Crippen molar-refractivity contribution in [3.8, 4) is 11.3 Å². The van der Waals surface area contributed by atoms with Crippen LogP contribution in [0.5, 0.6) is 0 Å². The number of nitrogens with one attached hydrogen (secondary N) is 1. The summed E-state index contributed by atoms with van der Waals surface area (Å²) in [5, 5.41) is 6.79. The van der Waals surface area contributed by atoms with Gasteiger partial charge in [-0.3, -0.25) is 4.79 Å². The lowest BCUT2D eigenvalue weighted by Crippen LogP contribution is -2.24. The molecule has 5 nitrogen and oxygen atoms in total. The molecule has 0 unspecified atom stereocenters. The molecule has 25 heavy (non-hydrogen) atoms. The van der Waals surface area contributed by atoms with Crippen LogP contribution in [-0.4, -0.2) is 16.0 Å². The van der Waals surface area contributed by atoms with E-state index in [4.69, 9.17) is 16.1 Å². The first kappa shape index (κ1) is 17.1. The van der Waals surface area contributed by atoms with Gasteiger partial charge in [-0.25, -0.2) is 9.37 Å². The fourth-order valence-electron chi connectivity index (χ4n) is 2.51. The smallest absolute Gasteiger partial charge is 0.270 e. The van der Waals surface area contributed by atoms with Crippen molar-refractivity contribution in [1.82, 2.24) is 15.5 Å². The molecular formula is C18H15ClFN3O2. The molecule has 0 fully saturated rings. The van der Waals surface area contributed by atoms with E-state index in [1.54, 1.807) is 38.1 Å². The first-order valence-electron chi connectivity index (χ1n) is 7.58. The molecule has 1 amide bonds. The van der Waals surface area contributed by atoms with Crippen LogP contribution in [0.4, 0.5) is 4.39 Å². The Morgan fingerprint density at radius 1 is 1.24 bits per heavy atom. The first-order valence-corrected chi connectivity index (χ1v) is 7.96. The summed E-state index contributed by atoms with van der Waals surface area (Å²) in [6.07, 6.45) is 0. The van der Waals surface area contributed by atoms with Crippen LogP contribution in [0.25, 0.3) is 11.3 Å². The second-order valence-electron chi connectivity index (χ2n) is 5.49. The van der Waals surface area contributed by atoms with Gasteiger partial charge in [-0.1, -0.05) is 28.9 Å². The van der Waals surface area contributed by atoms with Crippen molar-refractivity contribution in [2.75, 3.05) is 0 Å². The number of amides is 1. The molecule has 128 valence electrons. The predicted molar refractivity (Wildman–Crippen MR) is 91.8 cm³/mol. The van der Waals surface area contributed by atoms with Crippen molar-refractivity contribution in [2.45, 2.75) is 20.4 Å². The summed E-state index contributed by atoms with van der Waals surface area (Å²) in [7, 11) is 0. The number of hydrogen-bond acceptors (Lipinski definition) is 4. The Morgan fingerprint density at radius 2 is 2.00 bits per heavy atom. The fraction of sp³-hybridized carbons (Fsp3) is 0.167. The van der Waals surface area contributed by atoms with Gasteiger partial charge in [0.25, 0.3) is 5.91 Å². The topological polar surface area (TPSA) is 68.0 Å². The minimum absolute atomic E-state index is 0.0262. The molecule has 3 aromatic rings. The Bertz CT molecular complexity index is 900. The van der Waals surface area contributed by atoms with E-state index in [9.17, 15) is 9.18 Å². The van der Waals surface area contributed by atoms with Crippen LogP contribution < -0.4 is 5.32 Å². The van der Waals surface area contributed by atoms with Crippen molar-refractivity contribution in [3.05, 3.63) is 69.9 Å². The van der Waals surface area contributed by atoms with E-state index in [1.165, 1.54) is 12.1 Å². The van der Waals surface area contributed by atoms with Gasteiger partial charge in [0.1, 0.15) is 17.3 Å². The third kappa shape index (κ3) is 3.53. The number of halogens is 2. The highest BCUT2D eigenvalue weighted by atomic mass is 35.5. The average Bonchev–Trinajstić information content (AvgIpc) is 2.93. The fourth-order valence-corrected chi connectivity index (χ4v) is 2.74. The number of aromatic nitrogens is 2. The number of pyridine rings is 1. The van der Waals surface area contributed by atoms with Gasteiger partial charge in [-0.15, -0.1) is 0 Å². The second-order valence-corrected chi connectivity index (χ2v) is 5.90. The molecule has 0 saturated carbocycles. The monoisotopic (exact) mass is 359 g/mol. The van der Waals surface area contributed by atoms with Gasteiger partial charge < -0.3 is 9.84 Å². The van der Waals surface area contributed by atoms with Crippen LogP contribution >= 0.6 is 11.6 Å². The summed E-state index contributed by atoms with van der Waals surface area (Å²) in [4.78, 5) is 16.7. The molecule has 0 radical (unpaired) electrons. The van der Waals surface area contributed by atoms with Crippen molar-refractivity contribution < 1.29 is 13.7 Å². The number of nitrogens with zero attached hydrogens (tertiary/aromatic N) is 2. The highest BCUT2D eigenvalue weighted by Crippen LogP contribution is 2.25. The molecule has 2 heterocycles. The molecule has 0 spiro atoms. The maximum Gasteiger partial charge on any atom is 0.270 e. The molecular weight excluding hydrogens is 345 g/mol. The molecule has 0 aliphatic rings. The Balaban J connectivity index is 1.81. The van der Waals surface area contributed by atoms with E-state index >= 15 is 0 Å². The van der Waals surface area contributed by atoms with Gasteiger partial charge in [0.05, 0.1) is 17.0 Å². The Labute approximate surface area is 148 Å². The van der Waals surface area contributed by atoms with Crippen LogP contribution in [0.3, 0.4) is 0 Å². The van der Waals surface area contributed by atoms with Crippen molar-refractivity contribution in [3.63, 3.8) is 0 Å². The summed E-state index contributed by atoms with van der Waals surface area (Å²) < 4.78 is 18.9. The summed E-state index contributed by atoms with van der Waals surface area (Å²) in [6, 6.07) is 9.46. The highest BCUT2D eigenvalue weighted by molar-refractivity contribution is 6.31. The summed E-state index contributed by atoms with van der Waals surface area (Å²) in [5.74, 6) is -0.265. The molecule has 7 heteroatoms. The minimum Gasteiger partial charge on any atom is -0.361 e. The van der Waals surface area contributed by atoms with E-state index in [-0.39, 0.29) is 22.8 Å². The van der Waals surface area contributed by atoms with Gasteiger partial charge >= 0.3 is 0 Å². The molecule has 3 rings (SSSR count). The van der Waals surface area contributed by atoms with Crippen LogP contribution in [0.1, 0.15) is 27.5 Å². The molecule has 1 N–H and O–H groups in total. The molecule has 2 aromatic heterocycles. The Morgan fingerprint density at radius 3 is 2.68 bits per heavy atom. The van der Waals surface area contributed by atoms with Gasteiger partial charge in [0.15, 0.2) is 0 Å². The zero-order valence-corrected chi connectivity index (χ0v) is 14.4. The maximum atomic E-state index is 13.8. The minimum atomic E-state index is -0.467. The standard InChI is InChI=1S/C18H15ClFN3O2/c1-10-17(11(2)25-23-10)15-7-4-8-16(22-15)18(24)21-9-12-13(19)5-3-6-14(12)20/h3-8H,9H2,1-2H3,(H,21,24). The summed E-state index contributed by atoms with van der Waals surface area (Å²) >= 11 is 5.96. The normalized spacial score (nSPS) is 10.7. The number of rotatable bonds is 4. The number of benzene rings is 1. The lowest BCUT2D eigenvalue weighted by Gasteiger charge is -2.08. The van der Waals surface area contributed by atoms with Gasteiger partial charge in [0.2, 0.25) is 0 Å². The SMILES string of the molecule is Cc1noc(C)c1-c1cccc(C(=O)NCc2c(F)cccc2Cl)n1. The van der Waals surface area contributed by atoms with Crippen LogP contribution in [0, 0.1) is 19.7 Å². The van der Waals surface area contributed by atoms with Gasteiger partial charge in [0, 0.05) is 17.1 Å². The van der Waals surface area contributed by atoms with Gasteiger partial charge in [-0.2, -0.15) is 0 Å². The van der Waals surface area contributed by atoms with Crippen LogP contribution in [0.15, 0.2) is 40.9 Å². The Hall–Kier alpha value is -2.73. The van der Waals surface area contributed by atoms with Crippen molar-refractivity contribution in [1.29, 1.82) is 0 Å². The molecule has 1 aromatic carbocycles. The number of hydrogen-bond donors (Lipinski definition) is 1. The quantitative estimate of drug-likeness (QED) is 0.762. The molecule has 0 aliphatic heterocycles. The third-order valence-corrected chi connectivity index (χ3v) is 4.11. The van der Waals surface area contributed by atoms with Crippen molar-refractivity contribution in [2.24, 2.45) is 0 Å². The van der Waals surface area contributed by atoms with Crippen molar-refractivity contribution >= 4 is 17.5 Å². The largest absolute Gasteiger partial charge is 0.361 e. The van der Waals surface area contributed by atoms with E-state index < -0.39 is 11.7 Å². The summed E-state index contributed by atoms with van der Waals surface area (Å²) in [5.41, 5.74) is 2.49. The molecule has 0 atom stereocenters. The maximum absolute atomic E-state index is 13.8. The zero-order chi connectivity index (χ0) is 18.0. The molecule has 0 saturated heterocycles. The predicted octanol–water partition coefficient (Wildman–Crippen LogP) is 4.08. The average molecular weight is 360 g/mol. The molecule has 0 bridgehead atoms. The number of aryl methyl sites for hydroxylation is 2. The number of carbonyl (C=O) groups is 1. The highest BCUT2D eigenvalue weighted by Gasteiger charge is 2.16. The summed E-state index contributed by atoms with van der Waals surface area (Å²) in [6.45, 7) is 3.56. The van der Waals surface area contributed by atoms with E-state index in [2.05, 4.69) is 15.5 Å². The van der Waals surface area contributed by atoms with Crippen LogP contribution in [0.2, 0.25) is 5.02 Å². The first-order chi connectivity index (χ1) is 12.0. The third-order valence-electron chi connectivity index (χ3n) is 3.76. The Kier molecular flexibility index (Phi) is 4.81. The van der Waals surface area contributed by atoms with E-state index in [0.29, 0.717) is 17.1 Å². The second kappa shape index (κ2) is 7.03. The lowest BCUT2D eigenvalue weighted by atomic mass is 10.1. The van der Waals surface area contributed by atoms with Crippen LogP contribution in [-0.2, 0) is 6.54 Å². The van der Waals surface area contributed by atoms with E-state index in [0.717, 1.165) is 5.56 Å².